The first-order chi connectivity index (χ1) is 10.5. The van der Waals surface area contributed by atoms with Gasteiger partial charge < -0.3 is 21.1 Å². The molecular formula is C15H21F2N3O3. The molecule has 0 saturated carbocycles. The third kappa shape index (κ3) is 5.39. The van der Waals surface area contributed by atoms with Crippen LogP contribution in [0.2, 0.25) is 0 Å². The van der Waals surface area contributed by atoms with Gasteiger partial charge in [-0.15, -0.1) is 0 Å². The van der Waals surface area contributed by atoms with Gasteiger partial charge in [-0.05, 0) is 38.5 Å². The lowest BCUT2D eigenvalue weighted by atomic mass is 10.1. The number of nitrogens with two attached hydrogens (primary N) is 2. The molecule has 0 aromatic heterocycles. The lowest BCUT2D eigenvalue weighted by molar-refractivity contribution is -0.117. The molecule has 0 saturated heterocycles. The molecule has 0 fully saturated rings. The summed E-state index contributed by atoms with van der Waals surface area (Å²) in [5, 5.41) is 0. The predicted molar refractivity (Wildman–Crippen MR) is 83.3 cm³/mol. The first-order valence-corrected chi connectivity index (χ1v) is 6.98. The predicted octanol–water partition coefficient (Wildman–Crippen LogP) is 2.15. The molecule has 0 aliphatic carbocycles. The van der Waals surface area contributed by atoms with E-state index in [-0.39, 0.29) is 30.2 Å². The van der Waals surface area contributed by atoms with Crippen molar-refractivity contribution in [2.45, 2.75) is 32.8 Å². The van der Waals surface area contributed by atoms with Crippen molar-refractivity contribution >= 4 is 23.4 Å². The van der Waals surface area contributed by atoms with E-state index in [9.17, 15) is 18.4 Å². The number of nitrogens with zero attached hydrogens (tertiary/aromatic N) is 1. The van der Waals surface area contributed by atoms with Crippen LogP contribution in [0.1, 0.15) is 26.3 Å². The minimum absolute atomic E-state index is 0.0945. The van der Waals surface area contributed by atoms with E-state index in [1.54, 1.807) is 26.8 Å². The summed E-state index contributed by atoms with van der Waals surface area (Å²) in [7, 11) is 0. The van der Waals surface area contributed by atoms with E-state index >= 15 is 0 Å². The average molecular weight is 329 g/mol. The smallest absolute Gasteiger partial charge is 0.405 e. The van der Waals surface area contributed by atoms with Gasteiger partial charge in [-0.3, -0.25) is 4.79 Å². The zero-order chi connectivity index (χ0) is 17.8. The number of rotatable bonds is 2. The summed E-state index contributed by atoms with van der Waals surface area (Å²) in [5.41, 5.74) is 10.7. The molecule has 2 rings (SSSR count). The minimum atomic E-state index is -0.725. The maximum absolute atomic E-state index is 13.5. The van der Waals surface area contributed by atoms with Gasteiger partial charge in [-0.1, -0.05) is 0 Å². The first-order valence-electron chi connectivity index (χ1n) is 6.98. The Morgan fingerprint density at radius 1 is 1.39 bits per heavy atom. The summed E-state index contributed by atoms with van der Waals surface area (Å²) in [4.78, 5) is 22.6. The number of hydrogen-bond donors (Lipinski definition) is 2. The number of halogens is 2. The Bertz CT molecular complexity index is 600. The van der Waals surface area contributed by atoms with Crippen LogP contribution in [0, 0.1) is 5.82 Å². The number of anilines is 2. The van der Waals surface area contributed by atoms with Gasteiger partial charge in [0, 0.05) is 5.69 Å². The second-order valence-corrected chi connectivity index (χ2v) is 5.96. The van der Waals surface area contributed by atoms with Crippen molar-refractivity contribution in [1.29, 1.82) is 0 Å². The van der Waals surface area contributed by atoms with E-state index in [1.165, 1.54) is 0 Å². The highest BCUT2D eigenvalue weighted by Crippen LogP contribution is 2.33. The number of amides is 2. The molecule has 0 atom stereocenters. The average Bonchev–Trinajstić information content (AvgIpc) is 2.63. The Hall–Kier alpha value is -2.38. The molecule has 0 radical (unpaired) electrons. The largest absolute Gasteiger partial charge is 0.444 e. The van der Waals surface area contributed by atoms with E-state index in [2.05, 4.69) is 4.74 Å². The van der Waals surface area contributed by atoms with Crippen LogP contribution in [-0.2, 0) is 16.0 Å². The molecule has 2 amide bonds. The van der Waals surface area contributed by atoms with Crippen LogP contribution in [0.15, 0.2) is 12.1 Å². The molecule has 1 aromatic rings. The van der Waals surface area contributed by atoms with Crippen molar-refractivity contribution in [2.75, 3.05) is 23.9 Å². The molecule has 1 aliphatic heterocycles. The van der Waals surface area contributed by atoms with Crippen molar-refractivity contribution < 1.29 is 23.1 Å². The van der Waals surface area contributed by atoms with Crippen molar-refractivity contribution in [1.82, 2.24) is 0 Å². The number of carbonyl (C=O) groups excluding carboxylic acids is 2. The third-order valence-electron chi connectivity index (χ3n) is 2.79. The lowest BCUT2D eigenvalue weighted by Crippen LogP contribution is -2.29. The molecule has 23 heavy (non-hydrogen) atoms. The highest BCUT2D eigenvalue weighted by atomic mass is 19.1. The molecule has 0 unspecified atom stereocenters. The van der Waals surface area contributed by atoms with Crippen molar-refractivity contribution in [3.05, 3.63) is 23.5 Å². The molecule has 0 spiro atoms. The van der Waals surface area contributed by atoms with Gasteiger partial charge in [0.15, 0.2) is 0 Å². The quantitative estimate of drug-likeness (QED) is 0.812. The van der Waals surface area contributed by atoms with Crippen molar-refractivity contribution in [2.24, 2.45) is 5.73 Å². The number of benzene rings is 1. The molecule has 1 aromatic carbocycles. The van der Waals surface area contributed by atoms with Crippen molar-refractivity contribution in [3.8, 4) is 0 Å². The Morgan fingerprint density at radius 3 is 2.43 bits per heavy atom. The monoisotopic (exact) mass is 329 g/mol. The highest BCUT2D eigenvalue weighted by Gasteiger charge is 2.30. The van der Waals surface area contributed by atoms with Crippen LogP contribution in [0.4, 0.5) is 25.0 Å². The highest BCUT2D eigenvalue weighted by molar-refractivity contribution is 6.01. The molecular weight excluding hydrogens is 308 g/mol. The van der Waals surface area contributed by atoms with Crippen LogP contribution >= 0.6 is 0 Å². The summed E-state index contributed by atoms with van der Waals surface area (Å²) in [6.07, 6.45) is -0.630. The molecule has 0 bridgehead atoms. The molecule has 6 nitrogen and oxygen atoms in total. The fourth-order valence-corrected chi connectivity index (χ4v) is 2.12. The fraction of sp³-hybridized carbons (Fsp3) is 0.467. The van der Waals surface area contributed by atoms with Gasteiger partial charge in [0.05, 0.1) is 18.7 Å². The molecule has 8 heteroatoms. The molecule has 1 heterocycles. The van der Waals surface area contributed by atoms with Crippen LogP contribution in [0.25, 0.3) is 0 Å². The standard InChI is InChI=1S/C10H10F2N2O.C5H11NO2/c11-1-2-14-9(15)4-6-3-7(13)5-8(12)10(6)14;1-5(2,3)8-4(6)7/h3,5H,1-2,4,13H2;1-3H3,(H2,6,7). The lowest BCUT2D eigenvalue weighted by Gasteiger charge is -2.16. The number of fused-ring (bicyclic) bond motifs is 1. The Kier molecular flexibility index (Phi) is 5.89. The third-order valence-corrected chi connectivity index (χ3v) is 2.79. The number of alkyl halides is 1. The first kappa shape index (κ1) is 18.7. The van der Waals surface area contributed by atoms with Gasteiger partial charge in [0.25, 0.3) is 0 Å². The van der Waals surface area contributed by atoms with Gasteiger partial charge in [0.1, 0.15) is 18.1 Å². The Labute approximate surface area is 133 Å². The Morgan fingerprint density at radius 2 is 2.00 bits per heavy atom. The van der Waals surface area contributed by atoms with Gasteiger partial charge in [0.2, 0.25) is 5.91 Å². The van der Waals surface area contributed by atoms with Crippen LogP contribution in [0.5, 0.6) is 0 Å². The van der Waals surface area contributed by atoms with E-state index in [4.69, 9.17) is 11.5 Å². The maximum atomic E-state index is 13.5. The zero-order valence-corrected chi connectivity index (χ0v) is 13.4. The second kappa shape index (κ2) is 7.26. The molecule has 1 aliphatic rings. The van der Waals surface area contributed by atoms with E-state index < -0.39 is 24.2 Å². The van der Waals surface area contributed by atoms with Gasteiger partial charge >= 0.3 is 6.09 Å². The summed E-state index contributed by atoms with van der Waals surface area (Å²) in [6, 6.07) is 2.69. The molecule has 128 valence electrons. The molecule has 4 N–H and O–H groups in total. The van der Waals surface area contributed by atoms with E-state index in [0.717, 1.165) is 11.0 Å². The fourth-order valence-electron chi connectivity index (χ4n) is 2.12. The Balaban J connectivity index is 0.000000284. The summed E-state index contributed by atoms with van der Waals surface area (Å²) in [6.45, 7) is 4.49. The maximum Gasteiger partial charge on any atom is 0.405 e. The second-order valence-electron chi connectivity index (χ2n) is 5.96. The summed E-state index contributed by atoms with van der Waals surface area (Å²) >= 11 is 0. The SMILES string of the molecule is CC(C)(C)OC(N)=O.Nc1cc(F)c2c(c1)CC(=O)N2CCF. The van der Waals surface area contributed by atoms with E-state index in [1.807, 2.05) is 0 Å². The summed E-state index contributed by atoms with van der Waals surface area (Å²) in [5.74, 6) is -0.851. The topological polar surface area (TPSA) is 98.6 Å². The normalized spacial score (nSPS) is 13.3. The van der Waals surface area contributed by atoms with Crippen LogP contribution in [0.3, 0.4) is 0 Å². The van der Waals surface area contributed by atoms with Gasteiger partial charge in [-0.25, -0.2) is 13.6 Å². The van der Waals surface area contributed by atoms with Crippen molar-refractivity contribution in [3.63, 3.8) is 0 Å². The number of carbonyl (C=O) groups is 2. The van der Waals surface area contributed by atoms with Gasteiger partial charge in [-0.2, -0.15) is 0 Å². The van der Waals surface area contributed by atoms with Crippen LogP contribution in [-0.4, -0.2) is 30.8 Å². The number of hydrogen-bond acceptors (Lipinski definition) is 4. The van der Waals surface area contributed by atoms with Crippen LogP contribution < -0.4 is 16.4 Å². The van der Waals surface area contributed by atoms with E-state index in [0.29, 0.717) is 5.56 Å². The number of primary amides is 1. The summed E-state index contributed by atoms with van der Waals surface area (Å²) < 4.78 is 30.3. The zero-order valence-electron chi connectivity index (χ0n) is 13.4. The minimum Gasteiger partial charge on any atom is -0.444 e. The number of nitrogen functional groups attached to an aromatic ring is 1. The number of ether oxygens (including phenoxy) is 1.